The van der Waals surface area contributed by atoms with E-state index < -0.39 is 0 Å². The van der Waals surface area contributed by atoms with Crippen molar-refractivity contribution in [2.75, 3.05) is 0 Å². The second kappa shape index (κ2) is 12.1. The fourth-order valence-corrected chi connectivity index (χ4v) is 7.86. The Labute approximate surface area is 326 Å². The summed E-state index contributed by atoms with van der Waals surface area (Å²) in [5.41, 5.74) is 8.03. The Hall–Kier alpha value is -8.24. The second-order valence-corrected chi connectivity index (χ2v) is 14.1. The van der Waals surface area contributed by atoms with Crippen molar-refractivity contribution in [3.63, 3.8) is 0 Å². The highest BCUT2D eigenvalue weighted by atomic mass is 16.4. The van der Waals surface area contributed by atoms with Crippen molar-refractivity contribution < 1.29 is 27.9 Å². The molecule has 2 N–H and O–H groups in total. The first-order chi connectivity index (χ1) is 28.5. The lowest BCUT2D eigenvalue weighted by atomic mass is 9.87. The molecule has 0 aliphatic carbocycles. The van der Waals surface area contributed by atoms with Crippen LogP contribution in [0, 0.1) is 0 Å². The van der Waals surface area contributed by atoms with Crippen LogP contribution in [-0.4, -0.2) is 30.1 Å². The lowest BCUT2D eigenvalue weighted by Gasteiger charge is -2.18. The second-order valence-electron chi connectivity index (χ2n) is 14.1. The third-order valence-electron chi connectivity index (χ3n) is 10.6. The first-order valence-corrected chi connectivity index (χ1v) is 18.6. The predicted octanol–water partition coefficient (Wildman–Crippen LogP) is 12.3. The normalized spacial score (nSPS) is 11.9. The van der Waals surface area contributed by atoms with Gasteiger partial charge in [0.2, 0.25) is 23.6 Å². The predicted molar refractivity (Wildman–Crippen MR) is 222 cm³/mol. The molecule has 0 fully saturated rings. The Kier molecular flexibility index (Phi) is 6.70. The Balaban J connectivity index is 1.16. The van der Waals surface area contributed by atoms with E-state index in [0.29, 0.717) is 88.9 Å². The lowest BCUT2D eigenvalue weighted by molar-refractivity contribution is 0.469. The van der Waals surface area contributed by atoms with Gasteiger partial charge in [0.15, 0.2) is 22.3 Å². The molecule has 0 saturated carbocycles. The molecule has 4 heterocycles. The summed E-state index contributed by atoms with van der Waals surface area (Å²) in [6, 6.07) is 45.2. The van der Waals surface area contributed by atoms with E-state index in [0.717, 1.165) is 22.2 Å². The smallest absolute Gasteiger partial charge is 0.231 e. The van der Waals surface area contributed by atoms with Gasteiger partial charge in [-0.15, -0.1) is 0 Å². The van der Waals surface area contributed by atoms with Gasteiger partial charge in [-0.1, -0.05) is 60.7 Å². The van der Waals surface area contributed by atoms with Crippen molar-refractivity contribution in [3.8, 4) is 68.4 Å². The van der Waals surface area contributed by atoms with Crippen LogP contribution in [0.25, 0.3) is 123 Å². The van der Waals surface area contributed by atoms with Crippen LogP contribution in [-0.2, 0) is 0 Å². The molecule has 0 saturated heterocycles. The average Bonchev–Trinajstić information content (AvgIpc) is 4.07. The summed E-state index contributed by atoms with van der Waals surface area (Å²) in [5, 5.41) is 27.9. The highest BCUT2D eigenvalue weighted by molar-refractivity contribution is 6.14. The van der Waals surface area contributed by atoms with E-state index in [9.17, 15) is 10.2 Å². The zero-order valence-corrected chi connectivity index (χ0v) is 30.2. The first kappa shape index (κ1) is 32.0. The number of aromatic hydroxyl groups is 2. The van der Waals surface area contributed by atoms with E-state index in [-0.39, 0.29) is 23.3 Å². The molecule has 10 nitrogen and oxygen atoms in total. The lowest BCUT2D eigenvalue weighted by Crippen LogP contribution is -1.93. The highest BCUT2D eigenvalue weighted by Gasteiger charge is 2.27. The topological polar surface area (TPSA) is 145 Å². The molecule has 10 heteroatoms. The number of benzene rings is 8. The maximum atomic E-state index is 12.6. The highest BCUT2D eigenvalue weighted by Crippen LogP contribution is 2.52. The third-order valence-corrected chi connectivity index (χ3v) is 10.6. The minimum atomic E-state index is -0.136. The van der Waals surface area contributed by atoms with Crippen LogP contribution >= 0.6 is 0 Å². The van der Waals surface area contributed by atoms with Gasteiger partial charge < -0.3 is 27.9 Å². The van der Waals surface area contributed by atoms with Gasteiger partial charge in [0.1, 0.15) is 33.6 Å². The number of phenols is 2. The molecular formula is C48H26N4O6. The zero-order valence-electron chi connectivity index (χ0n) is 30.2. The number of aromatic nitrogens is 4. The van der Waals surface area contributed by atoms with Gasteiger partial charge in [-0.25, -0.2) is 19.9 Å². The summed E-state index contributed by atoms with van der Waals surface area (Å²) in [6.07, 6.45) is 0. The molecule has 0 spiro atoms. The van der Waals surface area contributed by atoms with Crippen LogP contribution in [0.2, 0.25) is 0 Å². The van der Waals surface area contributed by atoms with Crippen molar-refractivity contribution >= 4 is 65.9 Å². The molecule has 12 rings (SSSR count). The number of oxazole rings is 4. The number of fused-ring (bicyclic) bond motifs is 6. The van der Waals surface area contributed by atoms with E-state index in [2.05, 4.69) is 0 Å². The van der Waals surface area contributed by atoms with Gasteiger partial charge in [-0.05, 0) is 106 Å². The van der Waals surface area contributed by atoms with E-state index in [1.165, 1.54) is 0 Å². The van der Waals surface area contributed by atoms with Crippen molar-refractivity contribution in [3.05, 3.63) is 146 Å². The van der Waals surface area contributed by atoms with Gasteiger partial charge >= 0.3 is 0 Å². The van der Waals surface area contributed by atoms with Gasteiger partial charge in [0.25, 0.3) is 0 Å². The zero-order chi connectivity index (χ0) is 38.5. The van der Waals surface area contributed by atoms with Gasteiger partial charge in [-0.2, -0.15) is 0 Å². The molecule has 0 unspecified atom stereocenters. The van der Waals surface area contributed by atoms with E-state index in [1.54, 1.807) is 0 Å². The quantitative estimate of drug-likeness (QED) is 0.174. The molecule has 4 aromatic heterocycles. The molecule has 0 amide bonds. The maximum absolute atomic E-state index is 12.6. The summed E-state index contributed by atoms with van der Waals surface area (Å²) in [5.74, 6) is 1.04. The molecule has 0 aliphatic heterocycles. The molecule has 0 aliphatic rings. The minimum Gasteiger partial charge on any atom is -0.506 e. The average molecular weight is 755 g/mol. The van der Waals surface area contributed by atoms with Crippen LogP contribution in [0.3, 0.4) is 0 Å². The summed E-state index contributed by atoms with van der Waals surface area (Å²) in [7, 11) is 0. The van der Waals surface area contributed by atoms with Crippen LogP contribution in [0.5, 0.6) is 11.5 Å². The monoisotopic (exact) mass is 754 g/mol. The summed E-state index contributed by atoms with van der Waals surface area (Å²) in [4.78, 5) is 19.0. The number of hydrogen-bond acceptors (Lipinski definition) is 10. The Morgan fingerprint density at radius 1 is 0.345 bits per heavy atom. The summed E-state index contributed by atoms with van der Waals surface area (Å²) >= 11 is 0. The van der Waals surface area contributed by atoms with E-state index in [1.807, 2.05) is 146 Å². The molecule has 0 bridgehead atoms. The van der Waals surface area contributed by atoms with Crippen molar-refractivity contribution in [2.24, 2.45) is 0 Å². The molecule has 58 heavy (non-hydrogen) atoms. The van der Waals surface area contributed by atoms with Gasteiger partial charge in [-0.3, -0.25) is 0 Å². The summed E-state index contributed by atoms with van der Waals surface area (Å²) in [6.45, 7) is 0. The molecular weight excluding hydrogens is 729 g/mol. The fraction of sp³-hybridized carbons (Fsp3) is 0. The van der Waals surface area contributed by atoms with Crippen molar-refractivity contribution in [1.82, 2.24) is 19.9 Å². The fourth-order valence-electron chi connectivity index (χ4n) is 7.86. The molecule has 274 valence electrons. The van der Waals surface area contributed by atoms with Gasteiger partial charge in [0, 0.05) is 22.3 Å². The van der Waals surface area contributed by atoms with E-state index >= 15 is 0 Å². The Bertz CT molecular complexity index is 3260. The van der Waals surface area contributed by atoms with Crippen molar-refractivity contribution in [1.29, 1.82) is 0 Å². The van der Waals surface area contributed by atoms with Gasteiger partial charge in [0.05, 0.1) is 11.1 Å². The molecule has 12 aromatic rings. The van der Waals surface area contributed by atoms with E-state index in [4.69, 9.17) is 37.6 Å². The minimum absolute atomic E-state index is 0.136. The Morgan fingerprint density at radius 2 is 0.672 bits per heavy atom. The largest absolute Gasteiger partial charge is 0.506 e. The molecule has 0 atom stereocenters. The van der Waals surface area contributed by atoms with Crippen LogP contribution < -0.4 is 0 Å². The summed E-state index contributed by atoms with van der Waals surface area (Å²) < 4.78 is 24.8. The maximum Gasteiger partial charge on any atom is 0.231 e. The molecule has 0 radical (unpaired) electrons. The SMILES string of the molecule is Oc1c(-c2nc3ccccc3o2)cc2cc(-c3nc4ccccc4o3)ccc2c1-c1c(O)c(-c2nc3ccccc3o2)cc2cc(-c3nc4ccccc4o3)ccc12. The first-order valence-electron chi connectivity index (χ1n) is 18.6. The number of phenolic OH excluding ortho intramolecular Hbond substituents is 2. The molecule has 8 aromatic carbocycles. The third kappa shape index (κ3) is 4.92. The van der Waals surface area contributed by atoms with Crippen LogP contribution in [0.15, 0.2) is 163 Å². The standard InChI is InChI=1S/C48H26N4O6/c53-43-31(47-51-35-11-3-7-15-39(35)57-47)23-27-21-25(45-49-33-9-1-5-13-37(33)55-45)17-19-29(27)41(43)42-30-20-18-26(46-50-34-10-2-6-14-38(34)56-46)22-28(30)24-32(44(42)54)48-52-36-12-4-8-16-40(36)58-48/h1-24,53-54H. The number of hydrogen-bond donors (Lipinski definition) is 2. The van der Waals surface area contributed by atoms with Crippen molar-refractivity contribution in [2.45, 2.75) is 0 Å². The Morgan fingerprint density at radius 3 is 1.03 bits per heavy atom. The van der Waals surface area contributed by atoms with Crippen LogP contribution in [0.1, 0.15) is 0 Å². The van der Waals surface area contributed by atoms with Crippen LogP contribution in [0.4, 0.5) is 0 Å². The number of para-hydroxylation sites is 8. The number of rotatable bonds is 5. The number of nitrogens with zero attached hydrogens (tertiary/aromatic N) is 4.